The molecule has 0 fully saturated rings. The highest BCUT2D eigenvalue weighted by Gasteiger charge is 2.19. The van der Waals surface area contributed by atoms with Gasteiger partial charge in [0.15, 0.2) is 0 Å². The first-order valence-electron chi connectivity index (χ1n) is 4.92. The summed E-state index contributed by atoms with van der Waals surface area (Å²) in [5, 5.41) is 3.06. The number of thioether (sulfide) groups is 1. The maximum absolute atomic E-state index is 12.8. The van der Waals surface area contributed by atoms with Crippen molar-refractivity contribution in [3.8, 4) is 5.69 Å². The van der Waals surface area contributed by atoms with Crippen LogP contribution in [0, 0.1) is 5.82 Å². The van der Waals surface area contributed by atoms with Crippen molar-refractivity contribution in [1.82, 2.24) is 9.78 Å². The second kappa shape index (κ2) is 3.52. The molecule has 3 rings (SSSR count). The van der Waals surface area contributed by atoms with E-state index < -0.39 is 0 Å². The highest BCUT2D eigenvalue weighted by Crippen LogP contribution is 2.26. The van der Waals surface area contributed by atoms with Crippen LogP contribution in [0.5, 0.6) is 0 Å². The van der Waals surface area contributed by atoms with Crippen molar-refractivity contribution >= 4 is 11.8 Å². The zero-order chi connectivity index (χ0) is 11.1. The SMILES string of the molecule is O=c1c2c([nH]n1-c1ccc(F)cc1)CSC2. The van der Waals surface area contributed by atoms with E-state index in [0.29, 0.717) is 5.69 Å². The van der Waals surface area contributed by atoms with Gasteiger partial charge in [-0.05, 0) is 24.3 Å². The molecule has 0 amide bonds. The standard InChI is InChI=1S/C11H9FN2OS/c12-7-1-3-8(4-2-7)14-11(15)9-5-16-6-10(9)13-14/h1-4,13H,5-6H2. The molecule has 1 aliphatic heterocycles. The fourth-order valence-corrected chi connectivity index (χ4v) is 2.86. The van der Waals surface area contributed by atoms with Gasteiger partial charge in [-0.3, -0.25) is 9.89 Å². The summed E-state index contributed by atoms with van der Waals surface area (Å²) in [6.07, 6.45) is 0. The number of rotatable bonds is 1. The minimum Gasteiger partial charge on any atom is -0.294 e. The number of halogens is 1. The number of nitrogens with one attached hydrogen (secondary N) is 1. The third kappa shape index (κ3) is 1.39. The Bertz CT molecular complexity index is 585. The van der Waals surface area contributed by atoms with Crippen LogP contribution in [0.3, 0.4) is 0 Å². The third-order valence-corrected chi connectivity index (χ3v) is 3.64. The van der Waals surface area contributed by atoms with Crippen molar-refractivity contribution in [2.75, 3.05) is 0 Å². The molecule has 82 valence electrons. The first-order chi connectivity index (χ1) is 7.75. The molecular formula is C11H9FN2OS. The average molecular weight is 236 g/mol. The van der Waals surface area contributed by atoms with E-state index in [1.165, 1.54) is 16.8 Å². The molecule has 2 aromatic rings. The molecule has 16 heavy (non-hydrogen) atoms. The normalized spacial score (nSPS) is 14.1. The number of hydrogen-bond donors (Lipinski definition) is 1. The summed E-state index contributed by atoms with van der Waals surface area (Å²) < 4.78 is 14.2. The summed E-state index contributed by atoms with van der Waals surface area (Å²) >= 11 is 1.73. The summed E-state index contributed by atoms with van der Waals surface area (Å²) in [4.78, 5) is 12.0. The molecule has 0 saturated carbocycles. The van der Waals surface area contributed by atoms with Crippen LogP contribution < -0.4 is 5.56 Å². The van der Waals surface area contributed by atoms with Gasteiger partial charge in [0.05, 0.1) is 16.9 Å². The number of hydrogen-bond acceptors (Lipinski definition) is 2. The van der Waals surface area contributed by atoms with Crippen LogP contribution in [0.1, 0.15) is 11.3 Å². The largest absolute Gasteiger partial charge is 0.294 e. The van der Waals surface area contributed by atoms with Crippen molar-refractivity contribution < 1.29 is 4.39 Å². The minimum atomic E-state index is -0.300. The maximum Gasteiger partial charge on any atom is 0.275 e. The van der Waals surface area contributed by atoms with E-state index in [1.807, 2.05) is 0 Å². The van der Waals surface area contributed by atoms with Gasteiger partial charge in [-0.2, -0.15) is 11.8 Å². The molecule has 0 aliphatic carbocycles. The molecule has 3 nitrogen and oxygen atoms in total. The molecule has 0 atom stereocenters. The van der Waals surface area contributed by atoms with Crippen LogP contribution >= 0.6 is 11.8 Å². The quantitative estimate of drug-likeness (QED) is 0.823. The zero-order valence-corrected chi connectivity index (χ0v) is 9.18. The Balaban J connectivity index is 2.14. The van der Waals surface area contributed by atoms with Gasteiger partial charge >= 0.3 is 0 Å². The van der Waals surface area contributed by atoms with Crippen molar-refractivity contribution in [3.63, 3.8) is 0 Å². The van der Waals surface area contributed by atoms with Gasteiger partial charge in [0.1, 0.15) is 5.82 Å². The van der Waals surface area contributed by atoms with E-state index in [2.05, 4.69) is 5.10 Å². The molecule has 1 aromatic carbocycles. The topological polar surface area (TPSA) is 37.8 Å². The first-order valence-corrected chi connectivity index (χ1v) is 6.07. The molecule has 0 spiro atoms. The second-order valence-corrected chi connectivity index (χ2v) is 4.66. The number of benzene rings is 1. The van der Waals surface area contributed by atoms with Crippen molar-refractivity contribution in [1.29, 1.82) is 0 Å². The van der Waals surface area contributed by atoms with Gasteiger partial charge in [-0.15, -0.1) is 0 Å². The van der Waals surface area contributed by atoms with E-state index in [1.54, 1.807) is 23.9 Å². The van der Waals surface area contributed by atoms with Crippen LogP contribution in [0.4, 0.5) is 4.39 Å². The average Bonchev–Trinajstić information content (AvgIpc) is 2.84. The minimum absolute atomic E-state index is 0.0217. The van der Waals surface area contributed by atoms with Gasteiger partial charge in [0, 0.05) is 11.5 Å². The molecule has 1 aliphatic rings. The smallest absolute Gasteiger partial charge is 0.275 e. The van der Waals surface area contributed by atoms with Crippen LogP contribution in [-0.4, -0.2) is 9.78 Å². The number of nitrogens with zero attached hydrogens (tertiary/aromatic N) is 1. The van der Waals surface area contributed by atoms with E-state index in [9.17, 15) is 9.18 Å². The predicted molar refractivity (Wildman–Crippen MR) is 61.3 cm³/mol. The molecular weight excluding hydrogens is 227 g/mol. The molecule has 0 radical (unpaired) electrons. The number of H-pyrrole nitrogens is 1. The Morgan fingerprint density at radius 1 is 1.25 bits per heavy atom. The Hall–Kier alpha value is -1.49. The lowest BCUT2D eigenvalue weighted by Gasteiger charge is -2.01. The van der Waals surface area contributed by atoms with E-state index in [-0.39, 0.29) is 11.4 Å². The summed E-state index contributed by atoms with van der Waals surface area (Å²) in [6, 6.07) is 5.88. The second-order valence-electron chi connectivity index (χ2n) is 3.68. The molecule has 0 unspecified atom stereocenters. The predicted octanol–water partition coefficient (Wildman–Crippen LogP) is 2.05. The van der Waals surface area contributed by atoms with Crippen molar-refractivity contribution in [2.24, 2.45) is 0 Å². The lowest BCUT2D eigenvalue weighted by Crippen LogP contribution is -2.16. The van der Waals surface area contributed by atoms with Gasteiger partial charge < -0.3 is 0 Å². The van der Waals surface area contributed by atoms with E-state index in [0.717, 1.165) is 22.8 Å². The Kier molecular flexibility index (Phi) is 2.14. The summed E-state index contributed by atoms with van der Waals surface area (Å²) in [6.45, 7) is 0. The molecule has 0 bridgehead atoms. The zero-order valence-electron chi connectivity index (χ0n) is 8.37. The van der Waals surface area contributed by atoms with Crippen LogP contribution in [-0.2, 0) is 11.5 Å². The van der Waals surface area contributed by atoms with Crippen LogP contribution in [0.2, 0.25) is 0 Å². The fourth-order valence-electron chi connectivity index (χ4n) is 1.81. The van der Waals surface area contributed by atoms with Crippen LogP contribution in [0.25, 0.3) is 5.69 Å². The fraction of sp³-hybridized carbons (Fsp3) is 0.182. The van der Waals surface area contributed by atoms with E-state index in [4.69, 9.17) is 0 Å². The van der Waals surface area contributed by atoms with E-state index >= 15 is 0 Å². The lowest BCUT2D eigenvalue weighted by molar-refractivity contribution is 0.627. The van der Waals surface area contributed by atoms with Crippen molar-refractivity contribution in [3.05, 3.63) is 51.7 Å². The van der Waals surface area contributed by atoms with Gasteiger partial charge in [-0.25, -0.2) is 9.07 Å². The van der Waals surface area contributed by atoms with Gasteiger partial charge in [-0.1, -0.05) is 0 Å². The Labute approximate surface area is 95.3 Å². The highest BCUT2D eigenvalue weighted by atomic mass is 32.2. The van der Waals surface area contributed by atoms with Crippen LogP contribution in [0.15, 0.2) is 29.1 Å². The maximum atomic E-state index is 12.8. The summed E-state index contributed by atoms with van der Waals surface area (Å²) in [7, 11) is 0. The summed E-state index contributed by atoms with van der Waals surface area (Å²) in [5.41, 5.74) is 2.48. The van der Waals surface area contributed by atoms with Gasteiger partial charge in [0.25, 0.3) is 5.56 Å². The third-order valence-electron chi connectivity index (χ3n) is 2.65. The summed E-state index contributed by atoms with van der Waals surface area (Å²) in [5.74, 6) is 1.31. The molecule has 5 heteroatoms. The Morgan fingerprint density at radius 3 is 2.69 bits per heavy atom. The highest BCUT2D eigenvalue weighted by molar-refractivity contribution is 7.98. The monoisotopic (exact) mass is 236 g/mol. The Morgan fingerprint density at radius 2 is 2.00 bits per heavy atom. The first kappa shape index (κ1) is 9.72. The molecule has 2 heterocycles. The lowest BCUT2D eigenvalue weighted by atomic mass is 10.3. The van der Waals surface area contributed by atoms with Crippen molar-refractivity contribution in [2.45, 2.75) is 11.5 Å². The number of aromatic nitrogens is 2. The number of aromatic amines is 1. The van der Waals surface area contributed by atoms with Gasteiger partial charge in [0.2, 0.25) is 0 Å². The number of fused-ring (bicyclic) bond motifs is 1. The molecule has 1 aromatic heterocycles. The molecule has 1 N–H and O–H groups in total. The molecule has 0 saturated heterocycles.